The summed E-state index contributed by atoms with van der Waals surface area (Å²) >= 11 is 6.02. The number of piperidine rings is 1. The second kappa shape index (κ2) is 8.75. The van der Waals surface area contributed by atoms with Crippen molar-refractivity contribution in [2.24, 2.45) is 5.92 Å². The zero-order chi connectivity index (χ0) is 17.2. The molecule has 0 spiro atoms. The number of rotatable bonds is 6. The van der Waals surface area contributed by atoms with E-state index in [1.807, 2.05) is 24.3 Å². The molecule has 0 aliphatic carbocycles. The second-order valence-electron chi connectivity index (χ2n) is 7.52. The largest absolute Gasteiger partial charge is 0.347 e. The predicted octanol–water partition coefficient (Wildman–Crippen LogP) is 4.81. The SMILES string of the molecule is CCC(CC)(NC(=O)CC1CC2CCC(C1)N2)c1ccc(Cl)cc1.Cl. The van der Waals surface area contributed by atoms with E-state index in [0.29, 0.717) is 24.4 Å². The molecule has 5 heteroatoms. The summed E-state index contributed by atoms with van der Waals surface area (Å²) in [7, 11) is 0. The van der Waals surface area contributed by atoms with Gasteiger partial charge in [-0.25, -0.2) is 0 Å². The van der Waals surface area contributed by atoms with Crippen LogP contribution in [0.25, 0.3) is 0 Å². The molecular weight excluding hydrogens is 355 g/mol. The van der Waals surface area contributed by atoms with Gasteiger partial charge in [0.05, 0.1) is 5.54 Å². The van der Waals surface area contributed by atoms with Crippen LogP contribution in [0.4, 0.5) is 0 Å². The fraction of sp³-hybridized carbons (Fsp3) is 0.650. The molecule has 1 amide bonds. The molecule has 2 fully saturated rings. The molecule has 25 heavy (non-hydrogen) atoms. The van der Waals surface area contributed by atoms with Crippen LogP contribution in [0.2, 0.25) is 5.02 Å². The minimum Gasteiger partial charge on any atom is -0.347 e. The number of fused-ring (bicyclic) bond motifs is 2. The van der Waals surface area contributed by atoms with Crippen LogP contribution in [0.5, 0.6) is 0 Å². The smallest absolute Gasteiger partial charge is 0.220 e. The van der Waals surface area contributed by atoms with Gasteiger partial charge >= 0.3 is 0 Å². The van der Waals surface area contributed by atoms with Gasteiger partial charge in [0.15, 0.2) is 0 Å². The van der Waals surface area contributed by atoms with Crippen LogP contribution in [-0.4, -0.2) is 18.0 Å². The zero-order valence-electron chi connectivity index (χ0n) is 15.2. The summed E-state index contributed by atoms with van der Waals surface area (Å²) in [5.74, 6) is 0.723. The molecule has 3 rings (SSSR count). The summed E-state index contributed by atoms with van der Waals surface area (Å²) in [5.41, 5.74) is 0.865. The number of halogens is 2. The molecule has 2 aliphatic rings. The molecule has 2 atom stereocenters. The molecule has 1 aromatic carbocycles. The van der Waals surface area contributed by atoms with E-state index in [4.69, 9.17) is 11.6 Å². The lowest BCUT2D eigenvalue weighted by Gasteiger charge is -2.35. The second-order valence-corrected chi connectivity index (χ2v) is 7.96. The first-order valence-electron chi connectivity index (χ1n) is 9.37. The molecule has 140 valence electrons. The summed E-state index contributed by atoms with van der Waals surface area (Å²) in [6, 6.07) is 9.18. The summed E-state index contributed by atoms with van der Waals surface area (Å²) in [5, 5.41) is 7.74. The summed E-state index contributed by atoms with van der Waals surface area (Å²) < 4.78 is 0. The van der Waals surface area contributed by atoms with Gasteiger partial charge in [-0.1, -0.05) is 37.6 Å². The van der Waals surface area contributed by atoms with Crippen molar-refractivity contribution >= 4 is 29.9 Å². The minimum atomic E-state index is -0.284. The van der Waals surface area contributed by atoms with E-state index < -0.39 is 0 Å². The first-order valence-corrected chi connectivity index (χ1v) is 9.75. The van der Waals surface area contributed by atoms with Crippen LogP contribution < -0.4 is 10.6 Å². The van der Waals surface area contributed by atoms with Crippen molar-refractivity contribution in [1.82, 2.24) is 10.6 Å². The monoisotopic (exact) mass is 384 g/mol. The maximum Gasteiger partial charge on any atom is 0.220 e. The molecule has 2 unspecified atom stereocenters. The molecule has 3 nitrogen and oxygen atoms in total. The summed E-state index contributed by atoms with van der Waals surface area (Å²) in [6.07, 6.45) is 7.28. The fourth-order valence-electron chi connectivity index (χ4n) is 4.60. The van der Waals surface area contributed by atoms with Crippen molar-refractivity contribution in [2.45, 2.75) is 76.4 Å². The van der Waals surface area contributed by atoms with Gasteiger partial charge in [0.1, 0.15) is 0 Å². The van der Waals surface area contributed by atoms with E-state index >= 15 is 0 Å². The van der Waals surface area contributed by atoms with Crippen molar-refractivity contribution in [3.05, 3.63) is 34.9 Å². The first kappa shape index (κ1) is 20.5. The molecule has 1 aromatic rings. The Kier molecular flexibility index (Phi) is 7.19. The number of carbonyl (C=O) groups excluding carboxylic acids is 1. The van der Waals surface area contributed by atoms with Crippen molar-refractivity contribution in [1.29, 1.82) is 0 Å². The van der Waals surface area contributed by atoms with Crippen molar-refractivity contribution < 1.29 is 4.79 Å². The van der Waals surface area contributed by atoms with E-state index in [9.17, 15) is 4.79 Å². The third-order valence-electron chi connectivity index (χ3n) is 6.03. The van der Waals surface area contributed by atoms with Gasteiger partial charge in [-0.15, -0.1) is 12.4 Å². The molecule has 0 saturated carbocycles. The topological polar surface area (TPSA) is 41.1 Å². The number of benzene rings is 1. The van der Waals surface area contributed by atoms with Gasteiger partial charge in [-0.2, -0.15) is 0 Å². The van der Waals surface area contributed by atoms with Crippen molar-refractivity contribution in [2.75, 3.05) is 0 Å². The molecule has 2 N–H and O–H groups in total. The van der Waals surface area contributed by atoms with Crippen LogP contribution in [0, 0.1) is 5.92 Å². The number of amides is 1. The number of hydrogen-bond donors (Lipinski definition) is 2. The van der Waals surface area contributed by atoms with Crippen LogP contribution in [0.15, 0.2) is 24.3 Å². The molecular formula is C20H30Cl2N2O. The average molecular weight is 385 g/mol. The standard InChI is InChI=1S/C20H29ClN2O.ClH/c1-3-20(4-2,15-5-7-16(21)8-6-15)23-19(24)13-14-11-17-9-10-18(12-14)22-17;/h5-8,14,17-18,22H,3-4,9-13H2,1-2H3,(H,23,24);1H. The zero-order valence-corrected chi connectivity index (χ0v) is 16.8. The van der Waals surface area contributed by atoms with E-state index in [0.717, 1.165) is 36.3 Å². The Morgan fingerprint density at radius 2 is 1.72 bits per heavy atom. The quantitative estimate of drug-likeness (QED) is 0.738. The highest BCUT2D eigenvalue weighted by Crippen LogP contribution is 2.34. The minimum absolute atomic E-state index is 0. The lowest BCUT2D eigenvalue weighted by molar-refractivity contribution is -0.124. The van der Waals surface area contributed by atoms with Gasteiger partial charge in [0.25, 0.3) is 0 Å². The van der Waals surface area contributed by atoms with Crippen molar-refractivity contribution in [3.63, 3.8) is 0 Å². The maximum atomic E-state index is 12.8. The average Bonchev–Trinajstić information content (AvgIpc) is 2.92. The number of carbonyl (C=O) groups is 1. The normalized spacial score (nSPS) is 25.3. The van der Waals surface area contributed by atoms with Crippen LogP contribution in [0.1, 0.15) is 64.4 Å². The van der Waals surface area contributed by atoms with E-state index in [1.165, 1.54) is 12.8 Å². The summed E-state index contributed by atoms with van der Waals surface area (Å²) in [4.78, 5) is 12.8. The Morgan fingerprint density at radius 1 is 1.16 bits per heavy atom. The van der Waals surface area contributed by atoms with Gasteiger partial charge < -0.3 is 10.6 Å². The highest BCUT2D eigenvalue weighted by atomic mass is 35.5. The van der Waals surface area contributed by atoms with Gasteiger partial charge in [-0.3, -0.25) is 4.79 Å². The van der Waals surface area contributed by atoms with Gasteiger partial charge in [0.2, 0.25) is 5.91 Å². The Morgan fingerprint density at radius 3 is 2.24 bits per heavy atom. The first-order chi connectivity index (χ1) is 11.5. The number of nitrogens with one attached hydrogen (secondary N) is 2. The molecule has 0 radical (unpaired) electrons. The predicted molar refractivity (Wildman–Crippen MR) is 106 cm³/mol. The van der Waals surface area contributed by atoms with Crippen LogP contribution in [0.3, 0.4) is 0 Å². The van der Waals surface area contributed by atoms with Crippen LogP contribution in [-0.2, 0) is 10.3 Å². The number of hydrogen-bond acceptors (Lipinski definition) is 2. The Bertz CT molecular complexity index is 560. The highest BCUT2D eigenvalue weighted by molar-refractivity contribution is 6.30. The molecule has 2 bridgehead atoms. The van der Waals surface area contributed by atoms with Gasteiger partial charge in [-0.05, 0) is 62.1 Å². The van der Waals surface area contributed by atoms with Crippen LogP contribution >= 0.6 is 24.0 Å². The van der Waals surface area contributed by atoms with E-state index in [-0.39, 0.29) is 23.9 Å². The third-order valence-corrected chi connectivity index (χ3v) is 6.28. The third kappa shape index (κ3) is 4.69. The van der Waals surface area contributed by atoms with Crippen molar-refractivity contribution in [3.8, 4) is 0 Å². The fourth-order valence-corrected chi connectivity index (χ4v) is 4.72. The lowest BCUT2D eigenvalue weighted by atomic mass is 9.83. The van der Waals surface area contributed by atoms with E-state index in [1.54, 1.807) is 0 Å². The van der Waals surface area contributed by atoms with Gasteiger partial charge in [0, 0.05) is 23.5 Å². The lowest BCUT2D eigenvalue weighted by Crippen LogP contribution is -2.46. The molecule has 2 saturated heterocycles. The Balaban J connectivity index is 0.00000225. The molecule has 2 aliphatic heterocycles. The Labute approximate surface area is 162 Å². The maximum absolute atomic E-state index is 12.8. The highest BCUT2D eigenvalue weighted by Gasteiger charge is 2.36. The molecule has 0 aromatic heterocycles. The molecule has 2 heterocycles. The van der Waals surface area contributed by atoms with E-state index in [2.05, 4.69) is 24.5 Å². The summed E-state index contributed by atoms with van der Waals surface area (Å²) in [6.45, 7) is 4.28. The Hall–Kier alpha value is -0.770.